The monoisotopic (exact) mass is 399 g/mol. The Kier molecular flexibility index (Phi) is 4.88. The minimum atomic E-state index is -4.75. The van der Waals surface area contributed by atoms with Gasteiger partial charge in [0.15, 0.2) is 5.82 Å². The van der Waals surface area contributed by atoms with E-state index in [0.29, 0.717) is 12.1 Å². The number of benzene rings is 2. The van der Waals surface area contributed by atoms with Crippen molar-refractivity contribution in [3.8, 4) is 11.1 Å². The van der Waals surface area contributed by atoms with Crippen LogP contribution in [0.25, 0.3) is 11.1 Å². The molecule has 0 aliphatic heterocycles. The average molecular weight is 399 g/mol. The molecule has 2 aromatic carbocycles. The Morgan fingerprint density at radius 1 is 0.857 bits per heavy atom. The molecule has 3 aromatic rings. The van der Waals surface area contributed by atoms with Crippen molar-refractivity contribution in [2.45, 2.75) is 12.4 Å². The maximum Gasteiger partial charge on any atom is 0.433 e. The largest absolute Gasteiger partial charge is 0.433 e. The molecule has 0 spiro atoms. The van der Waals surface area contributed by atoms with Crippen molar-refractivity contribution in [3.63, 3.8) is 0 Å². The van der Waals surface area contributed by atoms with E-state index in [2.05, 4.69) is 10.4 Å². The second-order valence-electron chi connectivity index (χ2n) is 5.72. The van der Waals surface area contributed by atoms with Crippen molar-refractivity contribution in [2.24, 2.45) is 0 Å². The zero-order valence-corrected chi connectivity index (χ0v) is 13.8. The fourth-order valence-electron chi connectivity index (χ4n) is 2.51. The van der Waals surface area contributed by atoms with E-state index in [-0.39, 0.29) is 22.5 Å². The van der Waals surface area contributed by atoms with Crippen molar-refractivity contribution >= 4 is 11.7 Å². The molecule has 1 aromatic heterocycles. The van der Waals surface area contributed by atoms with Crippen LogP contribution in [0, 0.1) is 0 Å². The summed E-state index contributed by atoms with van der Waals surface area (Å²) in [4.78, 5) is 12.3. The van der Waals surface area contributed by atoms with E-state index >= 15 is 0 Å². The summed E-state index contributed by atoms with van der Waals surface area (Å²) in [6.45, 7) is 0. The number of nitrogens with one attached hydrogen (secondary N) is 2. The minimum absolute atomic E-state index is 0.159. The summed E-state index contributed by atoms with van der Waals surface area (Å²) < 4.78 is 77.6. The molecule has 0 radical (unpaired) electrons. The van der Waals surface area contributed by atoms with E-state index in [1.807, 2.05) is 5.10 Å². The SMILES string of the molecule is O=C(Nc1n[nH]c(C(F)(F)F)c1-c1ccccc1)c1ccc(C(F)(F)F)cc1. The number of halogens is 6. The molecule has 4 nitrogen and oxygen atoms in total. The molecule has 3 rings (SSSR count). The summed E-state index contributed by atoms with van der Waals surface area (Å²) in [6.07, 6.45) is -9.32. The van der Waals surface area contributed by atoms with Gasteiger partial charge < -0.3 is 5.32 Å². The number of anilines is 1. The minimum Gasteiger partial charge on any atom is -0.305 e. The second-order valence-corrected chi connectivity index (χ2v) is 5.72. The van der Waals surface area contributed by atoms with E-state index < -0.39 is 29.5 Å². The summed E-state index contributed by atoms with van der Waals surface area (Å²) in [6, 6.07) is 10.7. The van der Waals surface area contributed by atoms with Crippen LogP contribution in [0.15, 0.2) is 54.6 Å². The topological polar surface area (TPSA) is 57.8 Å². The number of carbonyl (C=O) groups excluding carboxylic acids is 1. The second kappa shape index (κ2) is 7.02. The van der Waals surface area contributed by atoms with Crippen LogP contribution in [0.4, 0.5) is 32.2 Å². The molecule has 0 aliphatic rings. The van der Waals surface area contributed by atoms with Gasteiger partial charge >= 0.3 is 12.4 Å². The van der Waals surface area contributed by atoms with Gasteiger partial charge in [0.2, 0.25) is 0 Å². The maximum absolute atomic E-state index is 13.3. The Hall–Kier alpha value is -3.30. The first-order chi connectivity index (χ1) is 13.1. The molecule has 0 unspecified atom stereocenters. The molecule has 0 saturated carbocycles. The Labute approximate surface area is 154 Å². The molecular weight excluding hydrogens is 388 g/mol. The van der Waals surface area contributed by atoms with Gasteiger partial charge in [-0.15, -0.1) is 0 Å². The predicted molar refractivity (Wildman–Crippen MR) is 88.4 cm³/mol. The number of aromatic nitrogens is 2. The molecule has 0 saturated heterocycles. The van der Waals surface area contributed by atoms with E-state index in [1.54, 1.807) is 6.07 Å². The van der Waals surface area contributed by atoms with Crippen LogP contribution in [0.3, 0.4) is 0 Å². The normalized spacial score (nSPS) is 12.1. The summed E-state index contributed by atoms with van der Waals surface area (Å²) in [7, 11) is 0. The molecule has 146 valence electrons. The number of rotatable bonds is 3. The fourth-order valence-corrected chi connectivity index (χ4v) is 2.51. The van der Waals surface area contributed by atoms with Crippen LogP contribution in [0.1, 0.15) is 21.6 Å². The molecule has 10 heteroatoms. The first-order valence-corrected chi connectivity index (χ1v) is 7.77. The van der Waals surface area contributed by atoms with E-state index in [4.69, 9.17) is 0 Å². The highest BCUT2D eigenvalue weighted by Gasteiger charge is 2.38. The fraction of sp³-hybridized carbons (Fsp3) is 0.111. The number of carbonyl (C=O) groups is 1. The third kappa shape index (κ3) is 4.00. The highest BCUT2D eigenvalue weighted by atomic mass is 19.4. The zero-order valence-electron chi connectivity index (χ0n) is 13.8. The predicted octanol–water partition coefficient (Wildman–Crippen LogP) is 5.37. The lowest BCUT2D eigenvalue weighted by molar-refractivity contribution is -0.140. The van der Waals surface area contributed by atoms with Gasteiger partial charge in [-0.05, 0) is 29.8 Å². The quantitative estimate of drug-likeness (QED) is 0.582. The third-order valence-corrected chi connectivity index (χ3v) is 3.82. The zero-order chi connectivity index (χ0) is 20.5. The summed E-state index contributed by atoms with van der Waals surface area (Å²) in [5.74, 6) is -1.28. The maximum atomic E-state index is 13.3. The van der Waals surface area contributed by atoms with Gasteiger partial charge in [0.25, 0.3) is 5.91 Å². The summed E-state index contributed by atoms with van der Waals surface area (Å²) >= 11 is 0. The first kappa shape index (κ1) is 19.5. The molecule has 0 aliphatic carbocycles. The number of hydrogen-bond acceptors (Lipinski definition) is 2. The van der Waals surface area contributed by atoms with Crippen LogP contribution in [-0.4, -0.2) is 16.1 Å². The molecule has 1 heterocycles. The van der Waals surface area contributed by atoms with Crippen LogP contribution < -0.4 is 5.32 Å². The van der Waals surface area contributed by atoms with E-state index in [0.717, 1.165) is 12.1 Å². The molecule has 0 atom stereocenters. The lowest BCUT2D eigenvalue weighted by Gasteiger charge is -2.10. The Balaban J connectivity index is 1.94. The Morgan fingerprint density at radius 2 is 1.46 bits per heavy atom. The van der Waals surface area contributed by atoms with Gasteiger partial charge in [-0.2, -0.15) is 31.4 Å². The number of hydrogen-bond donors (Lipinski definition) is 2. The number of amides is 1. The third-order valence-electron chi connectivity index (χ3n) is 3.82. The smallest absolute Gasteiger partial charge is 0.305 e. The Bertz CT molecular complexity index is 975. The number of nitrogens with zero attached hydrogens (tertiary/aromatic N) is 1. The van der Waals surface area contributed by atoms with Crippen LogP contribution in [-0.2, 0) is 12.4 Å². The summed E-state index contributed by atoms with van der Waals surface area (Å²) in [5.41, 5.74) is -2.47. The lowest BCUT2D eigenvalue weighted by Crippen LogP contribution is -2.14. The molecular formula is C18H11F6N3O. The van der Waals surface area contributed by atoms with Gasteiger partial charge in [-0.1, -0.05) is 30.3 Å². The van der Waals surface area contributed by atoms with Crippen molar-refractivity contribution < 1.29 is 31.1 Å². The van der Waals surface area contributed by atoms with Crippen LogP contribution in [0.2, 0.25) is 0 Å². The highest BCUT2D eigenvalue weighted by molar-refractivity contribution is 6.05. The van der Waals surface area contributed by atoms with Gasteiger partial charge in [0.05, 0.1) is 11.1 Å². The molecule has 0 bridgehead atoms. The summed E-state index contributed by atoms with van der Waals surface area (Å²) in [5, 5.41) is 7.60. The van der Waals surface area contributed by atoms with Crippen LogP contribution in [0.5, 0.6) is 0 Å². The van der Waals surface area contributed by atoms with Gasteiger partial charge in [0, 0.05) is 5.56 Å². The molecule has 28 heavy (non-hydrogen) atoms. The van der Waals surface area contributed by atoms with E-state index in [1.165, 1.54) is 24.3 Å². The average Bonchev–Trinajstić information content (AvgIpc) is 3.06. The van der Waals surface area contributed by atoms with Crippen molar-refractivity contribution in [1.29, 1.82) is 0 Å². The van der Waals surface area contributed by atoms with E-state index in [9.17, 15) is 31.1 Å². The number of alkyl halides is 6. The van der Waals surface area contributed by atoms with Crippen molar-refractivity contribution in [1.82, 2.24) is 10.2 Å². The van der Waals surface area contributed by atoms with Crippen molar-refractivity contribution in [3.05, 3.63) is 71.4 Å². The van der Waals surface area contributed by atoms with Crippen LogP contribution >= 0.6 is 0 Å². The van der Waals surface area contributed by atoms with Gasteiger partial charge in [-0.3, -0.25) is 9.89 Å². The first-order valence-electron chi connectivity index (χ1n) is 7.77. The van der Waals surface area contributed by atoms with Crippen molar-refractivity contribution in [2.75, 3.05) is 5.32 Å². The Morgan fingerprint density at radius 3 is 2.00 bits per heavy atom. The standard InChI is InChI=1S/C18H11F6N3O/c19-17(20,21)12-8-6-11(7-9-12)16(28)25-15-13(10-4-2-1-3-5-10)14(26-27-15)18(22,23)24/h1-9H,(H2,25,26,27,28). The molecule has 0 fully saturated rings. The molecule has 1 amide bonds. The van der Waals surface area contributed by atoms with Gasteiger partial charge in [-0.25, -0.2) is 0 Å². The highest BCUT2D eigenvalue weighted by Crippen LogP contribution is 2.39. The lowest BCUT2D eigenvalue weighted by atomic mass is 10.0. The molecule has 2 N–H and O–H groups in total. The number of aromatic amines is 1. The van der Waals surface area contributed by atoms with Gasteiger partial charge in [0.1, 0.15) is 5.69 Å². The number of H-pyrrole nitrogens is 1.